The number of benzene rings is 2. The molecule has 148 valence electrons. The predicted molar refractivity (Wildman–Crippen MR) is 111 cm³/mol. The van der Waals surface area contributed by atoms with E-state index in [4.69, 9.17) is 11.6 Å². The van der Waals surface area contributed by atoms with Crippen molar-refractivity contribution in [3.63, 3.8) is 0 Å². The third-order valence-corrected chi connectivity index (χ3v) is 6.07. The number of carbonyl (C=O) groups is 2. The van der Waals surface area contributed by atoms with Crippen molar-refractivity contribution in [2.45, 2.75) is 6.54 Å². The first-order chi connectivity index (χ1) is 13.8. The van der Waals surface area contributed by atoms with Gasteiger partial charge in [-0.3, -0.25) is 23.6 Å². The first-order valence-corrected chi connectivity index (χ1v) is 9.80. The van der Waals surface area contributed by atoms with E-state index in [0.29, 0.717) is 11.1 Å². The van der Waals surface area contributed by atoms with Gasteiger partial charge in [-0.15, -0.1) is 0 Å². The van der Waals surface area contributed by atoms with Crippen molar-refractivity contribution in [3.8, 4) is 0 Å². The summed E-state index contributed by atoms with van der Waals surface area (Å²) in [7, 11) is 3.37. The van der Waals surface area contributed by atoms with Crippen LogP contribution >= 0.6 is 23.4 Å². The fourth-order valence-electron chi connectivity index (χ4n) is 3.22. The molecule has 1 fully saturated rings. The molecule has 0 radical (unpaired) electrons. The van der Waals surface area contributed by atoms with Crippen LogP contribution in [0.25, 0.3) is 17.1 Å². The van der Waals surface area contributed by atoms with Crippen molar-refractivity contribution in [3.05, 3.63) is 73.8 Å². The summed E-state index contributed by atoms with van der Waals surface area (Å²) in [5.74, 6) is -0.930. The molecular weight excluding hydrogens is 417 g/mol. The van der Waals surface area contributed by atoms with Crippen molar-refractivity contribution in [1.29, 1.82) is 0 Å². The van der Waals surface area contributed by atoms with Gasteiger partial charge in [0.1, 0.15) is 5.82 Å². The Kier molecular flexibility index (Phi) is 4.84. The number of hydrogen-bond donors (Lipinski definition) is 0. The van der Waals surface area contributed by atoms with Crippen LogP contribution in [0, 0.1) is 5.82 Å². The molecular formula is C20H15ClFN3O3S. The van der Waals surface area contributed by atoms with Gasteiger partial charge >= 0.3 is 5.69 Å². The highest BCUT2D eigenvalue weighted by molar-refractivity contribution is 8.18. The second-order valence-electron chi connectivity index (χ2n) is 6.65. The molecule has 1 aromatic heterocycles. The molecule has 0 spiro atoms. The highest BCUT2D eigenvalue weighted by Gasteiger charge is 2.35. The number of hydrogen-bond acceptors (Lipinski definition) is 4. The number of amides is 2. The zero-order chi connectivity index (χ0) is 20.9. The Hall–Kier alpha value is -2.84. The van der Waals surface area contributed by atoms with E-state index in [1.165, 1.54) is 16.7 Å². The Morgan fingerprint density at radius 2 is 1.76 bits per heavy atom. The van der Waals surface area contributed by atoms with Crippen molar-refractivity contribution in [2.24, 2.45) is 14.1 Å². The van der Waals surface area contributed by atoms with Crippen LogP contribution in [0.5, 0.6) is 0 Å². The molecule has 1 aliphatic rings. The molecule has 1 aliphatic heterocycles. The summed E-state index contributed by atoms with van der Waals surface area (Å²) < 4.78 is 16.3. The number of aryl methyl sites for hydroxylation is 2. The van der Waals surface area contributed by atoms with Crippen molar-refractivity contribution >= 4 is 51.6 Å². The smallest absolute Gasteiger partial charge is 0.295 e. The molecule has 0 aliphatic carbocycles. The minimum absolute atomic E-state index is 0.0344. The van der Waals surface area contributed by atoms with E-state index in [2.05, 4.69) is 0 Å². The Bertz CT molecular complexity index is 1280. The van der Waals surface area contributed by atoms with E-state index in [1.807, 2.05) is 0 Å². The molecule has 0 N–H and O–H groups in total. The largest absolute Gasteiger partial charge is 0.328 e. The molecule has 2 aromatic carbocycles. The number of aromatic nitrogens is 2. The fraction of sp³-hybridized carbons (Fsp3) is 0.150. The maximum Gasteiger partial charge on any atom is 0.328 e. The second-order valence-corrected chi connectivity index (χ2v) is 8.05. The van der Waals surface area contributed by atoms with Gasteiger partial charge in [-0.1, -0.05) is 23.7 Å². The minimum Gasteiger partial charge on any atom is -0.295 e. The van der Waals surface area contributed by atoms with Gasteiger partial charge < -0.3 is 0 Å². The maximum atomic E-state index is 13.2. The summed E-state index contributed by atoms with van der Waals surface area (Å²) in [4.78, 5) is 38.5. The van der Waals surface area contributed by atoms with Crippen LogP contribution in [-0.4, -0.2) is 25.2 Å². The summed E-state index contributed by atoms with van der Waals surface area (Å²) in [6.07, 6.45) is 1.62. The molecule has 2 amide bonds. The van der Waals surface area contributed by atoms with Crippen LogP contribution in [-0.2, 0) is 25.4 Å². The average molecular weight is 432 g/mol. The molecule has 29 heavy (non-hydrogen) atoms. The van der Waals surface area contributed by atoms with Gasteiger partial charge in [0.05, 0.1) is 22.5 Å². The number of carbonyl (C=O) groups excluding carboxylic acids is 2. The molecule has 1 saturated heterocycles. The summed E-state index contributed by atoms with van der Waals surface area (Å²) in [6.45, 7) is -0.0344. The lowest BCUT2D eigenvalue weighted by atomic mass is 10.1. The molecule has 6 nitrogen and oxygen atoms in total. The van der Waals surface area contributed by atoms with Crippen LogP contribution in [0.3, 0.4) is 0 Å². The number of thioether (sulfide) groups is 1. The number of rotatable bonds is 3. The topological polar surface area (TPSA) is 64.3 Å². The molecule has 0 unspecified atom stereocenters. The number of halogens is 2. The molecule has 2 heterocycles. The van der Waals surface area contributed by atoms with Gasteiger partial charge in [0.15, 0.2) is 0 Å². The third kappa shape index (κ3) is 3.38. The van der Waals surface area contributed by atoms with Crippen LogP contribution in [0.2, 0.25) is 5.02 Å². The Labute approximate surface area is 174 Å². The van der Waals surface area contributed by atoms with Crippen LogP contribution in [0.1, 0.15) is 11.1 Å². The summed E-state index contributed by atoms with van der Waals surface area (Å²) in [5.41, 5.74) is 2.53. The number of imide groups is 1. The minimum atomic E-state index is -0.488. The van der Waals surface area contributed by atoms with Gasteiger partial charge in [-0.25, -0.2) is 9.18 Å². The Morgan fingerprint density at radius 3 is 2.48 bits per heavy atom. The average Bonchev–Trinajstić information content (AvgIpc) is 3.06. The molecule has 0 saturated carbocycles. The highest BCUT2D eigenvalue weighted by atomic mass is 35.5. The van der Waals surface area contributed by atoms with Crippen molar-refractivity contribution in [2.75, 3.05) is 0 Å². The first kappa shape index (κ1) is 19.5. The Morgan fingerprint density at radius 1 is 1.03 bits per heavy atom. The first-order valence-electron chi connectivity index (χ1n) is 8.61. The number of nitrogens with zero attached hydrogens (tertiary/aromatic N) is 3. The zero-order valence-corrected chi connectivity index (χ0v) is 17.1. The van der Waals surface area contributed by atoms with Crippen LogP contribution in [0.4, 0.5) is 9.18 Å². The van der Waals surface area contributed by atoms with Crippen molar-refractivity contribution in [1.82, 2.24) is 14.0 Å². The van der Waals surface area contributed by atoms with E-state index in [0.717, 1.165) is 33.8 Å². The lowest BCUT2D eigenvalue weighted by Crippen LogP contribution is -2.27. The van der Waals surface area contributed by atoms with E-state index >= 15 is 0 Å². The van der Waals surface area contributed by atoms with Gasteiger partial charge in [-0.05, 0) is 53.2 Å². The number of imidazole rings is 1. The monoisotopic (exact) mass is 431 g/mol. The lowest BCUT2D eigenvalue weighted by Gasteiger charge is -2.13. The zero-order valence-electron chi connectivity index (χ0n) is 15.5. The van der Waals surface area contributed by atoms with Crippen LogP contribution < -0.4 is 5.69 Å². The third-order valence-electron chi connectivity index (χ3n) is 4.81. The molecule has 9 heteroatoms. The van der Waals surface area contributed by atoms with Crippen molar-refractivity contribution < 1.29 is 14.0 Å². The normalized spacial score (nSPS) is 15.9. The summed E-state index contributed by atoms with van der Waals surface area (Å²) in [6, 6.07) is 9.20. The molecule has 0 bridgehead atoms. The van der Waals surface area contributed by atoms with E-state index in [-0.39, 0.29) is 22.2 Å². The van der Waals surface area contributed by atoms with E-state index in [1.54, 1.807) is 42.9 Å². The molecule has 0 atom stereocenters. The van der Waals surface area contributed by atoms with E-state index in [9.17, 15) is 18.8 Å². The SMILES string of the molecule is Cn1c(=O)n(C)c2cc(C=C3SC(=O)N(Cc4ccc(F)cc4Cl)C3=O)ccc21. The highest BCUT2D eigenvalue weighted by Crippen LogP contribution is 2.34. The van der Waals surface area contributed by atoms with E-state index < -0.39 is 17.0 Å². The van der Waals surface area contributed by atoms with Gasteiger partial charge in [-0.2, -0.15) is 0 Å². The maximum absolute atomic E-state index is 13.2. The quantitative estimate of drug-likeness (QED) is 0.590. The lowest BCUT2D eigenvalue weighted by molar-refractivity contribution is -0.123. The molecule has 4 rings (SSSR count). The second kappa shape index (κ2) is 7.20. The predicted octanol–water partition coefficient (Wildman–Crippen LogP) is 3.91. The summed E-state index contributed by atoms with van der Waals surface area (Å²) >= 11 is 6.84. The van der Waals surface area contributed by atoms with Gasteiger partial charge in [0.2, 0.25) is 0 Å². The van der Waals surface area contributed by atoms with Gasteiger partial charge in [0, 0.05) is 19.1 Å². The Balaban J connectivity index is 1.64. The number of fused-ring (bicyclic) bond motifs is 1. The fourth-order valence-corrected chi connectivity index (χ4v) is 4.29. The summed E-state index contributed by atoms with van der Waals surface area (Å²) in [5, 5.41) is -0.265. The van der Waals surface area contributed by atoms with Gasteiger partial charge in [0.25, 0.3) is 11.1 Å². The standard InChI is InChI=1S/C20H15ClFN3O3S/c1-23-15-6-3-11(7-16(15)24(2)19(23)27)8-17-18(26)25(20(28)29-17)10-12-4-5-13(22)9-14(12)21/h3-9H,10H2,1-2H3. The molecule has 3 aromatic rings. The van der Waals surface area contributed by atoms with Crippen LogP contribution in [0.15, 0.2) is 46.1 Å².